The first-order valence-electron chi connectivity index (χ1n) is 5.30. The number of alkyl halides is 1. The third-order valence-electron chi connectivity index (χ3n) is 2.86. The summed E-state index contributed by atoms with van der Waals surface area (Å²) in [6, 6.07) is 4.03. The minimum absolute atomic E-state index is 0.0624. The van der Waals surface area contributed by atoms with Gasteiger partial charge < -0.3 is 4.74 Å². The standard InChI is InChI=1S/C12H11BrF2O2/c1-2-17-11(16)8-6-12(8,15)7-3-4-9(13)10(14)5-7/h3-5,8H,2,6H2,1H3/t8?,12-/m1/s1. The molecule has 1 unspecified atom stereocenters. The molecule has 1 aliphatic rings. The van der Waals surface area contributed by atoms with Gasteiger partial charge in [0, 0.05) is 6.42 Å². The van der Waals surface area contributed by atoms with Gasteiger partial charge in [0.25, 0.3) is 0 Å². The van der Waals surface area contributed by atoms with E-state index in [1.54, 1.807) is 6.92 Å². The topological polar surface area (TPSA) is 26.3 Å². The molecule has 0 saturated heterocycles. The van der Waals surface area contributed by atoms with Gasteiger partial charge in [0.05, 0.1) is 17.0 Å². The van der Waals surface area contributed by atoms with Crippen LogP contribution in [0.4, 0.5) is 8.78 Å². The van der Waals surface area contributed by atoms with Crippen molar-refractivity contribution in [3.05, 3.63) is 34.1 Å². The number of hydrogen-bond acceptors (Lipinski definition) is 2. The van der Waals surface area contributed by atoms with Crippen LogP contribution < -0.4 is 0 Å². The van der Waals surface area contributed by atoms with E-state index in [2.05, 4.69) is 15.9 Å². The fourth-order valence-electron chi connectivity index (χ4n) is 1.82. The van der Waals surface area contributed by atoms with Gasteiger partial charge in [0.15, 0.2) is 0 Å². The lowest BCUT2D eigenvalue weighted by molar-refractivity contribution is -0.145. The van der Waals surface area contributed by atoms with Gasteiger partial charge in [-0.25, -0.2) is 8.78 Å². The first kappa shape index (κ1) is 12.5. The molecular formula is C12H11BrF2O2. The SMILES string of the molecule is CCOC(=O)C1C[C@@]1(F)c1ccc(Br)c(F)c1. The van der Waals surface area contributed by atoms with Crippen LogP contribution in [0.2, 0.25) is 0 Å². The van der Waals surface area contributed by atoms with Gasteiger partial charge >= 0.3 is 5.97 Å². The number of esters is 1. The van der Waals surface area contributed by atoms with E-state index in [1.807, 2.05) is 0 Å². The first-order chi connectivity index (χ1) is 7.99. The quantitative estimate of drug-likeness (QED) is 0.801. The molecule has 0 aliphatic heterocycles. The van der Waals surface area contributed by atoms with Gasteiger partial charge in [-0.05, 0) is 40.5 Å². The zero-order valence-electron chi connectivity index (χ0n) is 9.17. The highest BCUT2D eigenvalue weighted by Crippen LogP contribution is 2.56. The summed E-state index contributed by atoms with van der Waals surface area (Å²) in [5, 5.41) is 0. The van der Waals surface area contributed by atoms with Crippen LogP contribution >= 0.6 is 15.9 Å². The summed E-state index contributed by atoms with van der Waals surface area (Å²) < 4.78 is 32.6. The highest BCUT2D eigenvalue weighted by molar-refractivity contribution is 9.10. The molecule has 92 valence electrons. The van der Waals surface area contributed by atoms with Gasteiger partial charge in [0.2, 0.25) is 0 Å². The van der Waals surface area contributed by atoms with Crippen LogP contribution in [0.15, 0.2) is 22.7 Å². The largest absolute Gasteiger partial charge is 0.466 e. The second-order valence-electron chi connectivity index (χ2n) is 4.00. The molecule has 1 aromatic carbocycles. The van der Waals surface area contributed by atoms with E-state index >= 15 is 0 Å². The minimum Gasteiger partial charge on any atom is -0.466 e. The zero-order valence-corrected chi connectivity index (χ0v) is 10.8. The molecule has 0 N–H and O–H groups in total. The van der Waals surface area contributed by atoms with Crippen LogP contribution in [0.3, 0.4) is 0 Å². The molecule has 1 saturated carbocycles. The predicted octanol–water partition coefficient (Wildman–Crippen LogP) is 3.34. The van der Waals surface area contributed by atoms with E-state index in [4.69, 9.17) is 4.74 Å². The highest BCUT2D eigenvalue weighted by atomic mass is 79.9. The Morgan fingerprint density at radius 2 is 2.35 bits per heavy atom. The molecule has 0 aromatic heterocycles. The van der Waals surface area contributed by atoms with Crippen molar-refractivity contribution in [3.8, 4) is 0 Å². The second kappa shape index (κ2) is 4.37. The Kier molecular flexibility index (Phi) is 3.21. The van der Waals surface area contributed by atoms with Crippen LogP contribution in [0.25, 0.3) is 0 Å². The highest BCUT2D eigenvalue weighted by Gasteiger charge is 2.61. The Morgan fingerprint density at radius 3 is 2.94 bits per heavy atom. The summed E-state index contributed by atoms with van der Waals surface area (Å²) >= 11 is 3.00. The van der Waals surface area contributed by atoms with Crippen molar-refractivity contribution in [1.29, 1.82) is 0 Å². The molecule has 2 rings (SSSR count). The number of rotatable bonds is 3. The maximum Gasteiger partial charge on any atom is 0.312 e. The lowest BCUT2D eigenvalue weighted by Gasteiger charge is -2.08. The first-order valence-corrected chi connectivity index (χ1v) is 6.09. The van der Waals surface area contributed by atoms with Crippen LogP contribution in [0.5, 0.6) is 0 Å². The molecule has 1 aromatic rings. The molecule has 17 heavy (non-hydrogen) atoms. The minimum atomic E-state index is -1.77. The van der Waals surface area contributed by atoms with E-state index in [1.165, 1.54) is 12.1 Å². The van der Waals surface area contributed by atoms with E-state index in [9.17, 15) is 13.6 Å². The molecule has 0 spiro atoms. The molecule has 1 fully saturated rings. The van der Waals surface area contributed by atoms with Gasteiger partial charge in [-0.3, -0.25) is 4.79 Å². The smallest absolute Gasteiger partial charge is 0.312 e. The molecule has 0 amide bonds. The Bertz CT molecular complexity index is 464. The van der Waals surface area contributed by atoms with Crippen molar-refractivity contribution < 1.29 is 18.3 Å². The summed E-state index contributed by atoms with van der Waals surface area (Å²) in [6.45, 7) is 1.89. The Morgan fingerprint density at radius 1 is 1.65 bits per heavy atom. The maximum absolute atomic E-state index is 14.3. The molecule has 2 atom stereocenters. The molecule has 0 radical (unpaired) electrons. The average Bonchev–Trinajstić information content (AvgIpc) is 2.97. The molecule has 2 nitrogen and oxygen atoms in total. The summed E-state index contributed by atoms with van der Waals surface area (Å²) in [5.74, 6) is -1.89. The van der Waals surface area contributed by atoms with Gasteiger partial charge in [-0.1, -0.05) is 6.07 Å². The maximum atomic E-state index is 14.3. The third kappa shape index (κ3) is 2.20. The van der Waals surface area contributed by atoms with Crippen molar-refractivity contribution in [2.24, 2.45) is 5.92 Å². The van der Waals surface area contributed by atoms with Crippen molar-refractivity contribution in [2.75, 3.05) is 6.61 Å². The van der Waals surface area contributed by atoms with Crippen molar-refractivity contribution in [2.45, 2.75) is 19.0 Å². The number of carbonyl (C=O) groups is 1. The fraction of sp³-hybridized carbons (Fsp3) is 0.417. The molecular weight excluding hydrogens is 294 g/mol. The second-order valence-corrected chi connectivity index (χ2v) is 4.85. The monoisotopic (exact) mass is 304 g/mol. The van der Waals surface area contributed by atoms with E-state index < -0.39 is 23.4 Å². The Balaban J connectivity index is 2.19. The average molecular weight is 305 g/mol. The number of carbonyl (C=O) groups excluding carboxylic acids is 1. The van der Waals surface area contributed by atoms with E-state index in [0.29, 0.717) is 0 Å². The summed E-state index contributed by atoms with van der Waals surface area (Å²) in [4.78, 5) is 11.4. The number of benzene rings is 1. The normalized spacial score (nSPS) is 26.7. The molecule has 0 bridgehead atoms. The molecule has 1 aliphatic carbocycles. The van der Waals surface area contributed by atoms with E-state index in [0.717, 1.165) is 6.07 Å². The summed E-state index contributed by atoms with van der Waals surface area (Å²) in [7, 11) is 0. The van der Waals surface area contributed by atoms with Gasteiger partial charge in [-0.2, -0.15) is 0 Å². The van der Waals surface area contributed by atoms with E-state index in [-0.39, 0.29) is 23.1 Å². The Hall–Kier alpha value is -0.970. The van der Waals surface area contributed by atoms with Gasteiger partial charge in [0.1, 0.15) is 11.5 Å². The number of hydrogen-bond donors (Lipinski definition) is 0. The van der Waals surface area contributed by atoms with Crippen molar-refractivity contribution >= 4 is 21.9 Å². The van der Waals surface area contributed by atoms with Crippen LogP contribution in [0.1, 0.15) is 18.9 Å². The lowest BCUT2D eigenvalue weighted by atomic mass is 10.1. The number of ether oxygens (including phenoxy) is 1. The van der Waals surface area contributed by atoms with Crippen LogP contribution in [0, 0.1) is 11.7 Å². The Labute approximate surface area is 106 Å². The summed E-state index contributed by atoms with van der Waals surface area (Å²) in [5.41, 5.74) is -1.58. The predicted molar refractivity (Wildman–Crippen MR) is 61.6 cm³/mol. The zero-order chi connectivity index (χ0) is 12.6. The number of halogens is 3. The van der Waals surface area contributed by atoms with Crippen LogP contribution in [-0.2, 0) is 15.2 Å². The van der Waals surface area contributed by atoms with Gasteiger partial charge in [-0.15, -0.1) is 0 Å². The summed E-state index contributed by atoms with van der Waals surface area (Å²) in [6.07, 6.45) is 0.0624. The molecule has 5 heteroatoms. The van der Waals surface area contributed by atoms with Crippen LogP contribution in [-0.4, -0.2) is 12.6 Å². The van der Waals surface area contributed by atoms with Crippen molar-refractivity contribution in [3.63, 3.8) is 0 Å². The lowest BCUT2D eigenvalue weighted by Crippen LogP contribution is -2.13. The van der Waals surface area contributed by atoms with Crippen molar-refractivity contribution in [1.82, 2.24) is 0 Å². The fourth-order valence-corrected chi connectivity index (χ4v) is 2.07. The molecule has 0 heterocycles. The third-order valence-corrected chi connectivity index (χ3v) is 3.51.